The predicted octanol–water partition coefficient (Wildman–Crippen LogP) is 2.06. The molecule has 2 aromatic rings. The van der Waals surface area contributed by atoms with E-state index in [2.05, 4.69) is 15.5 Å². The molecule has 0 spiro atoms. The summed E-state index contributed by atoms with van der Waals surface area (Å²) >= 11 is 6.32. The third-order valence-electron chi connectivity index (χ3n) is 2.91. The van der Waals surface area contributed by atoms with Crippen LogP contribution in [0.1, 0.15) is 11.3 Å². The van der Waals surface area contributed by atoms with Crippen LogP contribution in [0.15, 0.2) is 28.2 Å². The number of aryl methyl sites for hydroxylation is 1. The van der Waals surface area contributed by atoms with Crippen molar-refractivity contribution in [3.05, 3.63) is 44.8 Å². The molecule has 1 heterocycles. The van der Waals surface area contributed by atoms with Crippen LogP contribution < -0.4 is 16.7 Å². The van der Waals surface area contributed by atoms with Gasteiger partial charge in [-0.3, -0.25) is 9.59 Å². The number of nitrogens with zero attached hydrogens (tertiary/aromatic N) is 3. The Morgan fingerprint density at radius 2 is 2.08 bits per heavy atom. The van der Waals surface area contributed by atoms with E-state index in [1.807, 2.05) is 0 Å². The first-order chi connectivity index (χ1) is 11.6. The van der Waals surface area contributed by atoms with E-state index in [1.165, 1.54) is 13.0 Å². The fraction of sp³-hybridized carbons (Fsp3) is 0.231. The Balaban J connectivity index is 2.06. The van der Waals surface area contributed by atoms with Crippen LogP contribution in [0.4, 0.5) is 18.9 Å². The van der Waals surface area contributed by atoms with Crippen LogP contribution in [-0.2, 0) is 11.0 Å². The van der Waals surface area contributed by atoms with Crippen molar-refractivity contribution >= 4 is 35.0 Å². The number of nitrogens with two attached hydrogens (primary N) is 1. The summed E-state index contributed by atoms with van der Waals surface area (Å²) in [6.45, 7) is 1.43. The molecule has 7 nitrogen and oxygen atoms in total. The number of alkyl halides is 3. The molecule has 1 aromatic heterocycles. The molecule has 0 radical (unpaired) electrons. The Hall–Kier alpha value is -2.27. The van der Waals surface area contributed by atoms with Crippen molar-refractivity contribution in [2.45, 2.75) is 18.3 Å². The average Bonchev–Trinajstić information content (AvgIpc) is 2.53. The fourth-order valence-corrected chi connectivity index (χ4v) is 2.59. The highest BCUT2D eigenvalue weighted by atomic mass is 35.5. The van der Waals surface area contributed by atoms with Crippen molar-refractivity contribution in [1.82, 2.24) is 14.9 Å². The lowest BCUT2D eigenvalue weighted by Gasteiger charge is -2.12. The molecular formula is C13H11ClF3N5O2S. The lowest BCUT2D eigenvalue weighted by atomic mass is 10.2. The zero-order valence-electron chi connectivity index (χ0n) is 12.6. The highest BCUT2D eigenvalue weighted by Crippen LogP contribution is 2.36. The zero-order chi connectivity index (χ0) is 18.8. The van der Waals surface area contributed by atoms with E-state index in [1.54, 1.807) is 0 Å². The highest BCUT2D eigenvalue weighted by Gasteiger charge is 2.33. The Morgan fingerprint density at radius 1 is 1.40 bits per heavy atom. The summed E-state index contributed by atoms with van der Waals surface area (Å²) in [5, 5.41) is 9.10. The topological polar surface area (TPSA) is 103 Å². The lowest BCUT2D eigenvalue weighted by Crippen LogP contribution is -2.32. The summed E-state index contributed by atoms with van der Waals surface area (Å²) in [4.78, 5) is 23.5. The van der Waals surface area contributed by atoms with Crippen molar-refractivity contribution in [3.8, 4) is 0 Å². The van der Waals surface area contributed by atoms with E-state index >= 15 is 0 Å². The van der Waals surface area contributed by atoms with Crippen molar-refractivity contribution in [2.75, 3.05) is 16.9 Å². The van der Waals surface area contributed by atoms with E-state index in [9.17, 15) is 22.8 Å². The molecule has 25 heavy (non-hydrogen) atoms. The van der Waals surface area contributed by atoms with Gasteiger partial charge in [0.25, 0.3) is 5.56 Å². The van der Waals surface area contributed by atoms with Crippen LogP contribution in [0, 0.1) is 6.92 Å². The highest BCUT2D eigenvalue weighted by molar-refractivity contribution is 7.99. The molecule has 2 rings (SSSR count). The Labute approximate surface area is 148 Å². The largest absolute Gasteiger partial charge is 0.417 e. The van der Waals surface area contributed by atoms with Crippen LogP contribution in [-0.4, -0.2) is 26.5 Å². The van der Waals surface area contributed by atoms with Crippen LogP contribution >= 0.6 is 23.4 Å². The summed E-state index contributed by atoms with van der Waals surface area (Å²) in [5.41, 5.74) is -1.59. The van der Waals surface area contributed by atoms with Crippen molar-refractivity contribution in [2.24, 2.45) is 0 Å². The second kappa shape index (κ2) is 7.31. The summed E-state index contributed by atoms with van der Waals surface area (Å²) in [5.74, 6) is 4.66. The number of aromatic nitrogens is 3. The van der Waals surface area contributed by atoms with Gasteiger partial charge < -0.3 is 11.2 Å². The normalized spacial score (nSPS) is 11.4. The fourth-order valence-electron chi connectivity index (χ4n) is 1.72. The first kappa shape index (κ1) is 19.1. The second-order valence-corrected chi connectivity index (χ2v) is 6.12. The molecule has 12 heteroatoms. The Kier molecular flexibility index (Phi) is 5.58. The smallest absolute Gasteiger partial charge is 0.334 e. The first-order valence-electron chi connectivity index (χ1n) is 6.60. The Bertz CT molecular complexity index is 872. The molecule has 3 N–H and O–H groups in total. The minimum atomic E-state index is -4.64. The quantitative estimate of drug-likeness (QED) is 0.609. The predicted molar refractivity (Wildman–Crippen MR) is 87.0 cm³/mol. The molecule has 1 aromatic carbocycles. The molecule has 0 aliphatic heterocycles. The number of hydrogen-bond acceptors (Lipinski definition) is 6. The number of nitrogen functional groups attached to an aromatic ring is 1. The molecule has 0 fully saturated rings. The van der Waals surface area contributed by atoms with Crippen LogP contribution in [0.5, 0.6) is 0 Å². The third-order valence-corrected chi connectivity index (χ3v) is 4.18. The molecule has 0 unspecified atom stereocenters. The zero-order valence-corrected chi connectivity index (χ0v) is 14.2. The molecule has 0 saturated heterocycles. The lowest BCUT2D eigenvalue weighted by molar-refractivity contribution is -0.137. The van der Waals surface area contributed by atoms with Crippen molar-refractivity contribution < 1.29 is 18.0 Å². The molecule has 0 saturated carbocycles. The third kappa shape index (κ3) is 4.63. The first-order valence-corrected chi connectivity index (χ1v) is 7.96. The van der Waals surface area contributed by atoms with Gasteiger partial charge in [0, 0.05) is 5.69 Å². The number of nitrogens with one attached hydrogen (secondary N) is 1. The van der Waals surface area contributed by atoms with Gasteiger partial charge in [-0.1, -0.05) is 23.4 Å². The van der Waals surface area contributed by atoms with Gasteiger partial charge in [-0.25, -0.2) is 0 Å². The average molecular weight is 394 g/mol. The van der Waals surface area contributed by atoms with Gasteiger partial charge in [-0.15, -0.1) is 10.2 Å². The molecule has 0 bridgehead atoms. The van der Waals surface area contributed by atoms with E-state index in [4.69, 9.17) is 17.4 Å². The second-order valence-electron chi connectivity index (χ2n) is 4.77. The van der Waals surface area contributed by atoms with Gasteiger partial charge in [0.2, 0.25) is 11.1 Å². The maximum Gasteiger partial charge on any atom is 0.417 e. The molecule has 1 amide bonds. The van der Waals surface area contributed by atoms with Gasteiger partial charge in [-0.2, -0.15) is 17.8 Å². The monoisotopic (exact) mass is 393 g/mol. The number of anilines is 1. The number of rotatable bonds is 4. The molecule has 0 atom stereocenters. The van der Waals surface area contributed by atoms with Gasteiger partial charge in [0.05, 0.1) is 16.3 Å². The van der Waals surface area contributed by atoms with Crippen molar-refractivity contribution in [3.63, 3.8) is 0 Å². The van der Waals surface area contributed by atoms with E-state index in [-0.39, 0.29) is 22.3 Å². The van der Waals surface area contributed by atoms with Gasteiger partial charge >= 0.3 is 6.18 Å². The summed E-state index contributed by atoms with van der Waals surface area (Å²) < 4.78 is 39.1. The molecule has 134 valence electrons. The maximum absolute atomic E-state index is 12.8. The minimum absolute atomic E-state index is 0.00200. The van der Waals surface area contributed by atoms with Crippen LogP contribution in [0.3, 0.4) is 0 Å². The number of carbonyl (C=O) groups is 1. The number of thioether (sulfide) groups is 1. The SMILES string of the molecule is Cc1nnc(SCC(=O)Nc2ccc(Cl)c(C(F)(F)F)c2)n(N)c1=O. The number of benzene rings is 1. The minimum Gasteiger partial charge on any atom is -0.334 e. The van der Waals surface area contributed by atoms with E-state index in [0.717, 1.165) is 28.6 Å². The molecule has 0 aliphatic carbocycles. The number of carbonyl (C=O) groups excluding carboxylic acids is 1. The van der Waals surface area contributed by atoms with Gasteiger partial charge in [0.1, 0.15) is 5.69 Å². The van der Waals surface area contributed by atoms with E-state index in [0.29, 0.717) is 0 Å². The summed E-state index contributed by atoms with van der Waals surface area (Å²) in [6.07, 6.45) is -4.64. The number of amides is 1. The van der Waals surface area contributed by atoms with Gasteiger partial charge in [0.15, 0.2) is 0 Å². The van der Waals surface area contributed by atoms with Crippen molar-refractivity contribution in [1.29, 1.82) is 0 Å². The van der Waals surface area contributed by atoms with Crippen LogP contribution in [0.25, 0.3) is 0 Å². The number of halogens is 4. The molecule has 0 aliphatic rings. The van der Waals surface area contributed by atoms with Crippen LogP contribution in [0.2, 0.25) is 5.02 Å². The number of hydrogen-bond donors (Lipinski definition) is 2. The molecular weight excluding hydrogens is 383 g/mol. The maximum atomic E-state index is 12.8. The summed E-state index contributed by atoms with van der Waals surface area (Å²) in [6, 6.07) is 3.01. The van der Waals surface area contributed by atoms with E-state index < -0.39 is 28.2 Å². The standard InChI is InChI=1S/C13H11ClF3N5O2S/c1-6-11(24)22(18)12(21-20-6)25-5-10(23)19-7-2-3-9(14)8(4-7)13(15,16)17/h2-4H,5,18H2,1H3,(H,19,23). The Morgan fingerprint density at radius 3 is 2.72 bits per heavy atom. The van der Waals surface area contributed by atoms with Gasteiger partial charge in [-0.05, 0) is 25.1 Å². The summed E-state index contributed by atoms with van der Waals surface area (Å²) in [7, 11) is 0.